The maximum absolute atomic E-state index is 6.09. The van der Waals surface area contributed by atoms with Gasteiger partial charge in [-0.3, -0.25) is 0 Å². The van der Waals surface area contributed by atoms with Crippen LogP contribution >= 0.6 is 23.2 Å². The summed E-state index contributed by atoms with van der Waals surface area (Å²) in [5, 5.41) is 7.54. The van der Waals surface area contributed by atoms with Gasteiger partial charge in [0.2, 0.25) is 0 Å². The highest BCUT2D eigenvalue weighted by atomic mass is 35.5. The molecule has 0 radical (unpaired) electrons. The van der Waals surface area contributed by atoms with Crippen molar-refractivity contribution in [2.45, 2.75) is 18.6 Å². The van der Waals surface area contributed by atoms with Gasteiger partial charge in [0.25, 0.3) is 0 Å². The maximum Gasteiger partial charge on any atom is 0.157 e. The Balaban J connectivity index is 1.82. The van der Waals surface area contributed by atoms with Gasteiger partial charge in [-0.1, -0.05) is 35.3 Å². The Labute approximate surface area is 139 Å². The normalized spacial score (nSPS) is 20.9. The number of aromatic nitrogens is 2. The molecule has 1 aromatic carbocycles. The molecule has 2 heterocycles. The van der Waals surface area contributed by atoms with Crippen LogP contribution in [-0.2, 0) is 4.74 Å². The van der Waals surface area contributed by atoms with E-state index in [-0.39, 0.29) is 12.1 Å². The van der Waals surface area contributed by atoms with Gasteiger partial charge < -0.3 is 15.4 Å². The van der Waals surface area contributed by atoms with E-state index in [4.69, 9.17) is 27.9 Å². The minimum Gasteiger partial charge on any atom is -0.383 e. The van der Waals surface area contributed by atoms with Crippen LogP contribution in [0.25, 0.3) is 0 Å². The lowest BCUT2D eigenvalue weighted by Gasteiger charge is -2.22. The Morgan fingerprint density at radius 2 is 1.95 bits per heavy atom. The van der Waals surface area contributed by atoms with Crippen LogP contribution in [0.4, 0.5) is 11.5 Å². The van der Waals surface area contributed by atoms with E-state index in [1.165, 1.54) is 6.33 Å². The molecule has 1 aliphatic rings. The lowest BCUT2D eigenvalue weighted by atomic mass is 10.0. The highest BCUT2D eigenvalue weighted by molar-refractivity contribution is 6.32. The number of hydrogen-bond donors (Lipinski definition) is 2. The van der Waals surface area contributed by atoms with Crippen molar-refractivity contribution in [1.82, 2.24) is 9.97 Å². The van der Waals surface area contributed by atoms with E-state index < -0.39 is 0 Å². The van der Waals surface area contributed by atoms with Crippen LogP contribution in [0.1, 0.15) is 18.1 Å². The average molecular weight is 339 g/mol. The highest BCUT2D eigenvalue weighted by Crippen LogP contribution is 2.34. The summed E-state index contributed by atoms with van der Waals surface area (Å²) >= 11 is 12.0. The van der Waals surface area contributed by atoms with Gasteiger partial charge >= 0.3 is 0 Å². The number of anilines is 2. The fourth-order valence-electron chi connectivity index (χ4n) is 2.59. The van der Waals surface area contributed by atoms with Crippen molar-refractivity contribution >= 4 is 34.7 Å². The third kappa shape index (κ3) is 3.11. The predicted molar refractivity (Wildman–Crippen MR) is 88.8 cm³/mol. The number of nitrogens with zero attached hydrogens (tertiary/aromatic N) is 2. The van der Waals surface area contributed by atoms with E-state index in [0.29, 0.717) is 28.3 Å². The molecule has 1 aliphatic heterocycles. The molecular formula is C15H16Cl2N4O. The first kappa shape index (κ1) is 15.3. The van der Waals surface area contributed by atoms with E-state index in [2.05, 4.69) is 20.6 Å². The van der Waals surface area contributed by atoms with Crippen LogP contribution in [0.15, 0.2) is 30.6 Å². The summed E-state index contributed by atoms with van der Waals surface area (Å²) in [5.41, 5.74) is 1.77. The molecule has 2 N–H and O–H groups in total. The fourth-order valence-corrected chi connectivity index (χ4v) is 2.94. The van der Waals surface area contributed by atoms with Gasteiger partial charge in [0, 0.05) is 18.7 Å². The summed E-state index contributed by atoms with van der Waals surface area (Å²) < 4.78 is 5.87. The second-order valence-corrected chi connectivity index (χ2v) is 5.81. The summed E-state index contributed by atoms with van der Waals surface area (Å²) in [4.78, 5) is 8.25. The molecule has 0 bridgehead atoms. The number of nitrogens with one attached hydrogen (secondary N) is 2. The molecule has 0 spiro atoms. The largest absolute Gasteiger partial charge is 0.383 e. The van der Waals surface area contributed by atoms with Crippen molar-refractivity contribution < 1.29 is 4.74 Å². The summed E-state index contributed by atoms with van der Waals surface area (Å²) in [6.07, 6.45) is 2.28. The molecule has 116 valence electrons. The molecule has 1 saturated heterocycles. The number of ether oxygens (including phenoxy) is 1. The van der Waals surface area contributed by atoms with Crippen LogP contribution in [0.2, 0.25) is 10.2 Å². The molecule has 0 aliphatic carbocycles. The van der Waals surface area contributed by atoms with Gasteiger partial charge in [-0.05, 0) is 24.1 Å². The molecule has 3 rings (SSSR count). The Morgan fingerprint density at radius 1 is 1.18 bits per heavy atom. The zero-order valence-electron chi connectivity index (χ0n) is 12.0. The predicted octanol–water partition coefficient (Wildman–Crippen LogP) is 3.77. The fraction of sp³-hybridized carbons (Fsp3) is 0.333. The van der Waals surface area contributed by atoms with Gasteiger partial charge in [0.15, 0.2) is 11.0 Å². The minimum absolute atomic E-state index is 0.0456. The molecule has 5 nitrogen and oxygen atoms in total. The van der Waals surface area contributed by atoms with E-state index in [0.717, 1.165) is 12.0 Å². The second-order valence-electron chi connectivity index (χ2n) is 5.02. The number of hydrogen-bond acceptors (Lipinski definition) is 5. The first-order valence-electron chi connectivity index (χ1n) is 7.01. The monoisotopic (exact) mass is 338 g/mol. The van der Waals surface area contributed by atoms with Crippen molar-refractivity contribution in [1.29, 1.82) is 0 Å². The topological polar surface area (TPSA) is 59.1 Å². The molecule has 0 saturated carbocycles. The summed E-state index contributed by atoms with van der Waals surface area (Å²) in [6.45, 7) is 0.693. The Morgan fingerprint density at radius 3 is 2.68 bits per heavy atom. The quantitative estimate of drug-likeness (QED) is 0.831. The van der Waals surface area contributed by atoms with Crippen molar-refractivity contribution in [2.24, 2.45) is 0 Å². The van der Waals surface area contributed by atoms with Gasteiger partial charge in [0.05, 0.1) is 6.04 Å². The second kappa shape index (κ2) is 6.69. The number of halogens is 2. The van der Waals surface area contributed by atoms with Crippen molar-refractivity contribution in [3.8, 4) is 0 Å². The van der Waals surface area contributed by atoms with Gasteiger partial charge in [-0.25, -0.2) is 9.97 Å². The van der Waals surface area contributed by atoms with E-state index in [1.807, 2.05) is 24.3 Å². The Bertz CT molecular complexity index is 650. The minimum atomic E-state index is -0.0456. The smallest absolute Gasteiger partial charge is 0.157 e. The lowest BCUT2D eigenvalue weighted by Crippen LogP contribution is -2.24. The van der Waals surface area contributed by atoms with Crippen LogP contribution in [0.5, 0.6) is 0 Å². The van der Waals surface area contributed by atoms with Gasteiger partial charge in [-0.15, -0.1) is 0 Å². The third-order valence-corrected chi connectivity index (χ3v) is 4.20. The molecule has 2 aromatic rings. The van der Waals surface area contributed by atoms with Crippen LogP contribution in [-0.4, -0.2) is 29.7 Å². The third-order valence-electron chi connectivity index (χ3n) is 3.66. The zero-order chi connectivity index (χ0) is 15.5. The van der Waals surface area contributed by atoms with Crippen molar-refractivity contribution in [2.75, 3.05) is 24.3 Å². The Kier molecular flexibility index (Phi) is 4.66. The summed E-state index contributed by atoms with van der Waals surface area (Å²) in [6, 6.07) is 7.82. The average Bonchev–Trinajstić information content (AvgIpc) is 2.96. The van der Waals surface area contributed by atoms with E-state index >= 15 is 0 Å². The molecule has 1 aromatic heterocycles. The molecule has 0 amide bonds. The molecule has 1 fully saturated rings. The lowest BCUT2D eigenvalue weighted by molar-refractivity contribution is 0.107. The molecule has 7 heteroatoms. The first-order chi connectivity index (χ1) is 10.7. The van der Waals surface area contributed by atoms with Gasteiger partial charge in [-0.2, -0.15) is 0 Å². The van der Waals surface area contributed by atoms with Crippen molar-refractivity contribution in [3.05, 3.63) is 46.3 Å². The maximum atomic E-state index is 6.09. The standard InChI is InChI=1S/C15H16Cl2N4O/c1-18-12-14(17)19-8-20-15(12)21-11-6-7-22-13(11)9-2-4-10(16)5-3-9/h2-5,8,11,13,18H,6-7H2,1H3,(H,19,20,21). The van der Waals surface area contributed by atoms with Crippen molar-refractivity contribution in [3.63, 3.8) is 0 Å². The summed E-state index contributed by atoms with van der Waals surface area (Å²) in [5.74, 6) is 0.678. The van der Waals surface area contributed by atoms with E-state index in [1.54, 1.807) is 7.05 Å². The van der Waals surface area contributed by atoms with E-state index in [9.17, 15) is 0 Å². The Hall–Kier alpha value is -1.56. The number of rotatable bonds is 4. The number of benzene rings is 1. The summed E-state index contributed by atoms with van der Waals surface area (Å²) in [7, 11) is 1.79. The SMILES string of the molecule is CNc1c(Cl)ncnc1NC1CCOC1c1ccc(Cl)cc1. The molecular weight excluding hydrogens is 323 g/mol. The molecule has 2 unspecified atom stereocenters. The zero-order valence-corrected chi connectivity index (χ0v) is 13.5. The van der Waals surface area contributed by atoms with Crippen LogP contribution < -0.4 is 10.6 Å². The van der Waals surface area contributed by atoms with Gasteiger partial charge in [0.1, 0.15) is 18.1 Å². The van der Waals surface area contributed by atoms with Crippen LogP contribution in [0.3, 0.4) is 0 Å². The molecule has 2 atom stereocenters. The highest BCUT2D eigenvalue weighted by Gasteiger charge is 2.30. The molecule has 22 heavy (non-hydrogen) atoms. The first-order valence-corrected chi connectivity index (χ1v) is 7.76. The van der Waals surface area contributed by atoms with Crippen LogP contribution in [0, 0.1) is 0 Å².